The molecule has 100 valence electrons. The molecule has 0 saturated heterocycles. The van der Waals surface area contributed by atoms with Crippen molar-refractivity contribution in [1.82, 2.24) is 9.97 Å². The number of nitrogens with zero attached hydrogens (tertiary/aromatic N) is 2. The maximum atomic E-state index is 4.23. The van der Waals surface area contributed by atoms with Crippen LogP contribution in [0.2, 0.25) is 0 Å². The number of anilines is 1. The Labute approximate surface area is 115 Å². The Balaban J connectivity index is 1.98. The molecule has 0 saturated carbocycles. The van der Waals surface area contributed by atoms with E-state index in [1.165, 1.54) is 11.1 Å². The molecule has 0 aliphatic carbocycles. The van der Waals surface area contributed by atoms with Gasteiger partial charge in [-0.15, -0.1) is 0 Å². The maximum absolute atomic E-state index is 4.23. The smallest absolute Gasteiger partial charge is 0.129 e. The molecule has 0 unspecified atom stereocenters. The molecule has 1 heterocycles. The van der Waals surface area contributed by atoms with Crippen molar-refractivity contribution in [2.75, 3.05) is 5.32 Å². The summed E-state index contributed by atoms with van der Waals surface area (Å²) < 4.78 is 0. The third-order valence-electron chi connectivity index (χ3n) is 3.21. The molecule has 2 rings (SSSR count). The Morgan fingerprint density at radius 2 is 1.84 bits per heavy atom. The van der Waals surface area contributed by atoms with Gasteiger partial charge in [0.2, 0.25) is 0 Å². The minimum atomic E-state index is 0.580. The molecule has 0 aliphatic rings. The predicted octanol–water partition coefficient (Wildman–Crippen LogP) is 3.77. The van der Waals surface area contributed by atoms with Gasteiger partial charge in [0.25, 0.3) is 0 Å². The minimum Gasteiger partial charge on any atom is -0.366 e. The highest BCUT2D eigenvalue weighted by Gasteiger charge is 2.00. The number of hydrogen-bond donors (Lipinski definition) is 1. The number of aromatic nitrogens is 2. The van der Waals surface area contributed by atoms with E-state index in [-0.39, 0.29) is 0 Å². The topological polar surface area (TPSA) is 37.8 Å². The second-order valence-corrected chi connectivity index (χ2v) is 5.00. The number of rotatable bonds is 5. The molecule has 19 heavy (non-hydrogen) atoms. The summed E-state index contributed by atoms with van der Waals surface area (Å²) in [7, 11) is 0. The fraction of sp³-hybridized carbons (Fsp3) is 0.375. The molecule has 1 N–H and O–H groups in total. The molecule has 2 aromatic rings. The van der Waals surface area contributed by atoms with Gasteiger partial charge in [-0.25, -0.2) is 9.97 Å². The first-order valence-corrected chi connectivity index (χ1v) is 6.82. The molecule has 0 atom stereocenters. The lowest BCUT2D eigenvalue weighted by Crippen LogP contribution is -2.03. The van der Waals surface area contributed by atoms with Crippen LogP contribution in [-0.4, -0.2) is 9.97 Å². The van der Waals surface area contributed by atoms with Crippen LogP contribution in [0.15, 0.2) is 36.7 Å². The molecule has 0 bridgehead atoms. The monoisotopic (exact) mass is 255 g/mol. The number of hydrogen-bond acceptors (Lipinski definition) is 3. The molecule has 0 aliphatic heterocycles. The average molecular weight is 255 g/mol. The molecule has 1 aromatic heterocycles. The van der Waals surface area contributed by atoms with Gasteiger partial charge in [0, 0.05) is 18.3 Å². The highest BCUT2D eigenvalue weighted by Crippen LogP contribution is 2.15. The molecule has 0 spiro atoms. The minimum absolute atomic E-state index is 0.580. The van der Waals surface area contributed by atoms with Gasteiger partial charge in [-0.3, -0.25) is 0 Å². The Morgan fingerprint density at radius 3 is 2.47 bits per heavy atom. The van der Waals surface area contributed by atoms with Gasteiger partial charge in [-0.1, -0.05) is 45.0 Å². The highest BCUT2D eigenvalue weighted by molar-refractivity contribution is 5.36. The van der Waals surface area contributed by atoms with Gasteiger partial charge < -0.3 is 5.32 Å². The van der Waals surface area contributed by atoms with Crippen molar-refractivity contribution >= 4 is 5.82 Å². The van der Waals surface area contributed by atoms with E-state index in [4.69, 9.17) is 0 Å². The molecular weight excluding hydrogens is 234 g/mol. The van der Waals surface area contributed by atoms with Crippen molar-refractivity contribution in [1.29, 1.82) is 0 Å². The summed E-state index contributed by atoms with van der Waals surface area (Å²) in [5.74, 6) is 1.47. The van der Waals surface area contributed by atoms with Gasteiger partial charge >= 0.3 is 0 Å². The Morgan fingerprint density at radius 1 is 1.11 bits per heavy atom. The fourth-order valence-electron chi connectivity index (χ4n) is 1.90. The first kappa shape index (κ1) is 13.5. The third-order valence-corrected chi connectivity index (χ3v) is 3.21. The van der Waals surface area contributed by atoms with Crippen LogP contribution in [0.4, 0.5) is 5.82 Å². The lowest BCUT2D eigenvalue weighted by molar-refractivity contribution is 0.865. The van der Waals surface area contributed by atoms with E-state index in [0.29, 0.717) is 5.92 Å². The number of benzene rings is 1. The van der Waals surface area contributed by atoms with Crippen LogP contribution in [-0.2, 0) is 13.0 Å². The summed E-state index contributed by atoms with van der Waals surface area (Å²) >= 11 is 0. The van der Waals surface area contributed by atoms with Gasteiger partial charge in [0.05, 0.1) is 0 Å². The first-order chi connectivity index (χ1) is 9.19. The van der Waals surface area contributed by atoms with Crippen LogP contribution in [0, 0.1) is 0 Å². The second-order valence-electron chi connectivity index (χ2n) is 5.00. The first-order valence-electron chi connectivity index (χ1n) is 6.82. The van der Waals surface area contributed by atoms with Crippen LogP contribution in [0.25, 0.3) is 0 Å². The molecular formula is C16H21N3. The molecule has 3 heteroatoms. The Bertz CT molecular complexity index is 518. The summed E-state index contributed by atoms with van der Waals surface area (Å²) in [4.78, 5) is 8.42. The lowest BCUT2D eigenvalue weighted by atomic mass is 10.0. The fourth-order valence-corrected chi connectivity index (χ4v) is 1.90. The van der Waals surface area contributed by atoms with Crippen LogP contribution >= 0.6 is 0 Å². The van der Waals surface area contributed by atoms with E-state index in [1.807, 2.05) is 6.07 Å². The standard InChI is InChI=1S/C16H21N3/c1-4-15-9-16(19-11-18-15)17-10-13-5-7-14(8-6-13)12(2)3/h5-9,11-12H,4,10H2,1-3H3,(H,17,18,19). The normalized spacial score (nSPS) is 10.7. The highest BCUT2D eigenvalue weighted by atomic mass is 15.0. The Kier molecular flexibility index (Phi) is 4.50. The zero-order chi connectivity index (χ0) is 13.7. The molecule has 1 aromatic carbocycles. The average Bonchev–Trinajstić information content (AvgIpc) is 2.46. The van der Waals surface area contributed by atoms with Crippen LogP contribution < -0.4 is 5.32 Å². The van der Waals surface area contributed by atoms with E-state index in [1.54, 1.807) is 6.33 Å². The summed E-state index contributed by atoms with van der Waals surface area (Å²) in [6, 6.07) is 10.7. The van der Waals surface area contributed by atoms with Crippen molar-refractivity contribution < 1.29 is 0 Å². The van der Waals surface area contributed by atoms with Crippen molar-refractivity contribution in [3.8, 4) is 0 Å². The Hall–Kier alpha value is -1.90. The molecule has 3 nitrogen and oxygen atoms in total. The van der Waals surface area contributed by atoms with E-state index < -0.39 is 0 Å². The van der Waals surface area contributed by atoms with Gasteiger partial charge in [0.15, 0.2) is 0 Å². The number of aryl methyl sites for hydroxylation is 1. The van der Waals surface area contributed by atoms with Gasteiger partial charge in [-0.05, 0) is 23.5 Å². The van der Waals surface area contributed by atoms with Crippen LogP contribution in [0.3, 0.4) is 0 Å². The zero-order valence-corrected chi connectivity index (χ0v) is 11.9. The van der Waals surface area contributed by atoms with E-state index in [0.717, 1.165) is 24.5 Å². The van der Waals surface area contributed by atoms with E-state index in [2.05, 4.69) is 60.3 Å². The largest absolute Gasteiger partial charge is 0.366 e. The maximum Gasteiger partial charge on any atom is 0.129 e. The van der Waals surface area contributed by atoms with Crippen molar-refractivity contribution in [3.63, 3.8) is 0 Å². The SMILES string of the molecule is CCc1cc(NCc2ccc(C(C)C)cc2)ncn1. The van der Waals surface area contributed by atoms with E-state index >= 15 is 0 Å². The molecule has 0 radical (unpaired) electrons. The van der Waals surface area contributed by atoms with Crippen molar-refractivity contribution in [2.45, 2.75) is 39.7 Å². The van der Waals surface area contributed by atoms with Crippen molar-refractivity contribution in [2.24, 2.45) is 0 Å². The summed E-state index contributed by atoms with van der Waals surface area (Å²) in [6.07, 6.45) is 2.54. The zero-order valence-electron chi connectivity index (χ0n) is 11.9. The predicted molar refractivity (Wildman–Crippen MR) is 79.3 cm³/mol. The quantitative estimate of drug-likeness (QED) is 0.883. The summed E-state index contributed by atoms with van der Waals surface area (Å²) in [5, 5.41) is 3.33. The van der Waals surface area contributed by atoms with E-state index in [9.17, 15) is 0 Å². The third kappa shape index (κ3) is 3.78. The molecule has 0 fully saturated rings. The summed E-state index contributed by atoms with van der Waals surface area (Å²) in [6.45, 7) is 7.30. The van der Waals surface area contributed by atoms with Gasteiger partial charge in [-0.2, -0.15) is 0 Å². The van der Waals surface area contributed by atoms with Crippen LogP contribution in [0.5, 0.6) is 0 Å². The number of nitrogens with one attached hydrogen (secondary N) is 1. The van der Waals surface area contributed by atoms with Gasteiger partial charge in [0.1, 0.15) is 12.1 Å². The second kappa shape index (κ2) is 6.32. The molecule has 0 amide bonds. The lowest BCUT2D eigenvalue weighted by Gasteiger charge is -2.09. The van der Waals surface area contributed by atoms with Crippen LogP contribution in [0.1, 0.15) is 43.5 Å². The van der Waals surface area contributed by atoms with Crippen molar-refractivity contribution in [3.05, 3.63) is 53.5 Å². The summed E-state index contributed by atoms with van der Waals surface area (Å²) in [5.41, 5.74) is 3.70.